The largest absolute Gasteiger partial charge is 0.340 e. The summed E-state index contributed by atoms with van der Waals surface area (Å²) in [4.78, 5) is 23.3. The molecule has 0 radical (unpaired) electrons. The molecule has 0 unspecified atom stereocenters. The van der Waals surface area contributed by atoms with Crippen molar-refractivity contribution in [3.05, 3.63) is 47.5 Å². The van der Waals surface area contributed by atoms with E-state index in [1.165, 1.54) is 6.07 Å². The quantitative estimate of drug-likeness (QED) is 0.941. The van der Waals surface area contributed by atoms with Gasteiger partial charge in [-0.05, 0) is 50.5 Å². The Morgan fingerprint density at radius 3 is 2.92 bits per heavy atom. The van der Waals surface area contributed by atoms with Gasteiger partial charge in [-0.2, -0.15) is 0 Å². The van der Waals surface area contributed by atoms with Crippen LogP contribution in [0.1, 0.15) is 24.1 Å². The van der Waals surface area contributed by atoms with Gasteiger partial charge in [-0.15, -0.1) is 0 Å². The van der Waals surface area contributed by atoms with Gasteiger partial charge in [0.05, 0.1) is 5.92 Å². The number of halogens is 1. The van der Waals surface area contributed by atoms with Crippen LogP contribution in [0.15, 0.2) is 30.5 Å². The third kappa shape index (κ3) is 3.69. The second-order valence-electron chi connectivity index (χ2n) is 6.24. The second kappa shape index (κ2) is 6.95. The Bertz CT molecular complexity index is 750. The first-order chi connectivity index (χ1) is 11.5. The summed E-state index contributed by atoms with van der Waals surface area (Å²) in [5.41, 5.74) is 1.96. The predicted molar refractivity (Wildman–Crippen MR) is 91.5 cm³/mol. The number of aryl methyl sites for hydroxylation is 2. The SMILES string of the molecule is Cc1ccnc(N2CCC[C@H](C(=O)Nc3ccc(C)c(F)c3)C2)n1. The van der Waals surface area contributed by atoms with Crippen LogP contribution in [0.3, 0.4) is 0 Å². The van der Waals surface area contributed by atoms with Crippen LogP contribution in [0.2, 0.25) is 0 Å². The third-order valence-electron chi connectivity index (χ3n) is 4.30. The van der Waals surface area contributed by atoms with Gasteiger partial charge in [-0.3, -0.25) is 4.79 Å². The number of amides is 1. The summed E-state index contributed by atoms with van der Waals surface area (Å²) in [5, 5.41) is 2.82. The van der Waals surface area contributed by atoms with Gasteiger partial charge in [0.1, 0.15) is 5.82 Å². The lowest BCUT2D eigenvalue weighted by molar-refractivity contribution is -0.120. The minimum atomic E-state index is -0.314. The van der Waals surface area contributed by atoms with E-state index in [-0.39, 0.29) is 17.6 Å². The van der Waals surface area contributed by atoms with E-state index in [1.54, 1.807) is 25.3 Å². The Morgan fingerprint density at radius 1 is 1.33 bits per heavy atom. The number of anilines is 2. The molecular weight excluding hydrogens is 307 g/mol. The van der Waals surface area contributed by atoms with Crippen molar-refractivity contribution in [1.82, 2.24) is 9.97 Å². The maximum absolute atomic E-state index is 13.6. The molecule has 1 atom stereocenters. The van der Waals surface area contributed by atoms with Crippen LogP contribution in [0, 0.1) is 25.6 Å². The van der Waals surface area contributed by atoms with E-state index in [1.807, 2.05) is 17.9 Å². The van der Waals surface area contributed by atoms with Crippen LogP contribution in [-0.2, 0) is 4.79 Å². The standard InChI is InChI=1S/C18H21FN4O/c1-12-5-6-15(10-16(12)19)22-17(24)14-4-3-9-23(11-14)18-20-8-7-13(2)21-18/h5-8,10,14H,3-4,9,11H2,1-2H3,(H,22,24)/t14-/m0/s1. The average Bonchev–Trinajstić information content (AvgIpc) is 2.58. The zero-order valence-electron chi connectivity index (χ0n) is 13.9. The molecule has 1 amide bonds. The first-order valence-electron chi connectivity index (χ1n) is 8.14. The lowest BCUT2D eigenvalue weighted by Crippen LogP contribution is -2.41. The van der Waals surface area contributed by atoms with E-state index in [0.29, 0.717) is 23.7 Å². The van der Waals surface area contributed by atoms with Crippen LogP contribution < -0.4 is 10.2 Å². The highest BCUT2D eigenvalue weighted by Gasteiger charge is 2.27. The number of nitrogens with zero attached hydrogens (tertiary/aromatic N) is 3. The molecule has 1 fully saturated rings. The summed E-state index contributed by atoms with van der Waals surface area (Å²) >= 11 is 0. The van der Waals surface area contributed by atoms with Crippen LogP contribution in [0.5, 0.6) is 0 Å². The van der Waals surface area contributed by atoms with Crippen molar-refractivity contribution in [3.8, 4) is 0 Å². The fraction of sp³-hybridized carbons (Fsp3) is 0.389. The Kier molecular flexibility index (Phi) is 4.74. The van der Waals surface area contributed by atoms with Gasteiger partial charge in [0.15, 0.2) is 0 Å². The number of nitrogens with one attached hydrogen (secondary N) is 1. The highest BCUT2D eigenvalue weighted by molar-refractivity contribution is 5.93. The molecule has 126 valence electrons. The molecule has 3 rings (SSSR count). The van der Waals surface area contributed by atoms with Crippen molar-refractivity contribution < 1.29 is 9.18 Å². The Morgan fingerprint density at radius 2 is 2.17 bits per heavy atom. The topological polar surface area (TPSA) is 58.1 Å². The van der Waals surface area contributed by atoms with Gasteiger partial charge in [-0.25, -0.2) is 14.4 Å². The molecule has 1 N–H and O–H groups in total. The summed E-state index contributed by atoms with van der Waals surface area (Å²) < 4.78 is 13.6. The van der Waals surface area contributed by atoms with Crippen molar-refractivity contribution in [2.45, 2.75) is 26.7 Å². The molecule has 0 saturated carbocycles. The number of carbonyl (C=O) groups excluding carboxylic acids is 1. The lowest BCUT2D eigenvalue weighted by Gasteiger charge is -2.32. The minimum Gasteiger partial charge on any atom is -0.340 e. The summed E-state index contributed by atoms with van der Waals surface area (Å²) in [5.74, 6) is 0.0999. The molecule has 2 aromatic rings. The van der Waals surface area contributed by atoms with Gasteiger partial charge < -0.3 is 10.2 Å². The van der Waals surface area contributed by atoms with Crippen LogP contribution in [-0.4, -0.2) is 29.0 Å². The van der Waals surface area contributed by atoms with Gasteiger partial charge in [0.25, 0.3) is 0 Å². The van der Waals surface area contributed by atoms with E-state index >= 15 is 0 Å². The Hall–Kier alpha value is -2.50. The average molecular weight is 328 g/mol. The predicted octanol–water partition coefficient (Wildman–Crippen LogP) is 3.09. The fourth-order valence-corrected chi connectivity index (χ4v) is 2.88. The van der Waals surface area contributed by atoms with E-state index in [0.717, 1.165) is 25.1 Å². The molecule has 1 saturated heterocycles. The van der Waals surface area contributed by atoms with E-state index in [4.69, 9.17) is 0 Å². The number of piperidine rings is 1. The monoisotopic (exact) mass is 328 g/mol. The van der Waals surface area contributed by atoms with Crippen molar-refractivity contribution in [2.75, 3.05) is 23.3 Å². The van der Waals surface area contributed by atoms with Crippen LogP contribution >= 0.6 is 0 Å². The number of aromatic nitrogens is 2. The molecule has 2 heterocycles. The number of hydrogen-bond acceptors (Lipinski definition) is 4. The normalized spacial score (nSPS) is 17.6. The summed E-state index contributed by atoms with van der Waals surface area (Å²) in [6, 6.07) is 6.60. The smallest absolute Gasteiger partial charge is 0.229 e. The number of hydrogen-bond donors (Lipinski definition) is 1. The maximum Gasteiger partial charge on any atom is 0.229 e. The molecule has 1 aromatic heterocycles. The Labute approximate surface area is 140 Å². The minimum absolute atomic E-state index is 0.0874. The van der Waals surface area contributed by atoms with Crippen molar-refractivity contribution in [2.24, 2.45) is 5.92 Å². The van der Waals surface area contributed by atoms with Gasteiger partial charge in [0, 0.05) is 30.7 Å². The zero-order valence-corrected chi connectivity index (χ0v) is 13.9. The molecule has 0 aliphatic carbocycles. The molecule has 1 aliphatic rings. The molecule has 6 heteroatoms. The molecule has 5 nitrogen and oxygen atoms in total. The molecule has 24 heavy (non-hydrogen) atoms. The second-order valence-corrected chi connectivity index (χ2v) is 6.24. The number of benzene rings is 1. The first kappa shape index (κ1) is 16.4. The van der Waals surface area contributed by atoms with Gasteiger partial charge in [0.2, 0.25) is 11.9 Å². The van der Waals surface area contributed by atoms with Crippen molar-refractivity contribution in [1.29, 1.82) is 0 Å². The molecule has 1 aliphatic heterocycles. The van der Waals surface area contributed by atoms with E-state index < -0.39 is 0 Å². The number of rotatable bonds is 3. The van der Waals surface area contributed by atoms with Crippen molar-refractivity contribution in [3.63, 3.8) is 0 Å². The van der Waals surface area contributed by atoms with E-state index in [9.17, 15) is 9.18 Å². The van der Waals surface area contributed by atoms with Crippen LogP contribution in [0.25, 0.3) is 0 Å². The lowest BCUT2D eigenvalue weighted by atomic mass is 9.97. The zero-order chi connectivity index (χ0) is 17.1. The molecule has 1 aromatic carbocycles. The Balaban J connectivity index is 1.67. The highest BCUT2D eigenvalue weighted by Crippen LogP contribution is 2.22. The van der Waals surface area contributed by atoms with Gasteiger partial charge in [-0.1, -0.05) is 6.07 Å². The molecule has 0 spiro atoms. The summed E-state index contributed by atoms with van der Waals surface area (Å²) in [6.07, 6.45) is 3.44. The number of carbonyl (C=O) groups is 1. The van der Waals surface area contributed by atoms with Crippen LogP contribution in [0.4, 0.5) is 16.0 Å². The third-order valence-corrected chi connectivity index (χ3v) is 4.30. The first-order valence-corrected chi connectivity index (χ1v) is 8.14. The summed E-state index contributed by atoms with van der Waals surface area (Å²) in [7, 11) is 0. The fourth-order valence-electron chi connectivity index (χ4n) is 2.88. The van der Waals surface area contributed by atoms with Crippen molar-refractivity contribution >= 4 is 17.5 Å². The summed E-state index contributed by atoms with van der Waals surface area (Å²) in [6.45, 7) is 5.03. The molecular formula is C18H21FN4O. The highest BCUT2D eigenvalue weighted by atomic mass is 19.1. The maximum atomic E-state index is 13.6. The van der Waals surface area contributed by atoms with Gasteiger partial charge >= 0.3 is 0 Å². The van der Waals surface area contributed by atoms with E-state index in [2.05, 4.69) is 15.3 Å². The molecule has 0 bridgehead atoms.